The number of nitro benzene ring substituents is 1. The van der Waals surface area contributed by atoms with Crippen LogP contribution < -0.4 is 10.1 Å². The number of hydrogen-bond donors (Lipinski definition) is 1. The maximum absolute atomic E-state index is 12.7. The molecule has 33 heavy (non-hydrogen) atoms. The average Bonchev–Trinajstić information content (AvgIpc) is 2.82. The highest BCUT2D eigenvalue weighted by Gasteiger charge is 2.13. The van der Waals surface area contributed by atoms with Crippen molar-refractivity contribution in [2.75, 3.05) is 5.32 Å². The Morgan fingerprint density at radius 2 is 1.91 bits per heavy atom. The number of amides is 1. The quantitative estimate of drug-likeness (QED) is 0.174. The highest BCUT2D eigenvalue weighted by Crippen LogP contribution is 2.27. The molecule has 0 aliphatic rings. The van der Waals surface area contributed by atoms with E-state index in [1.807, 2.05) is 25.1 Å². The highest BCUT2D eigenvalue weighted by molar-refractivity contribution is 9.10. The van der Waals surface area contributed by atoms with Crippen LogP contribution in [0.15, 0.2) is 76.8 Å². The van der Waals surface area contributed by atoms with Gasteiger partial charge in [0.1, 0.15) is 24.0 Å². The summed E-state index contributed by atoms with van der Waals surface area (Å²) in [5.74, 6) is -0.107. The van der Waals surface area contributed by atoms with E-state index < -0.39 is 10.8 Å². The van der Waals surface area contributed by atoms with Crippen LogP contribution in [0.1, 0.15) is 23.6 Å². The van der Waals surface area contributed by atoms with Crippen molar-refractivity contribution in [2.24, 2.45) is 0 Å². The largest absolute Gasteiger partial charge is 0.488 e. The van der Waals surface area contributed by atoms with Gasteiger partial charge in [0.05, 0.1) is 4.92 Å². The summed E-state index contributed by atoms with van der Waals surface area (Å²) in [7, 11) is 0. The number of rotatable bonds is 8. The number of non-ortho nitro benzene ring substituents is 1. The van der Waals surface area contributed by atoms with Gasteiger partial charge in [-0.1, -0.05) is 47.1 Å². The third-order valence-corrected chi connectivity index (χ3v) is 5.27. The van der Waals surface area contributed by atoms with Crippen molar-refractivity contribution < 1.29 is 14.5 Å². The molecule has 0 bridgehead atoms. The van der Waals surface area contributed by atoms with Gasteiger partial charge in [0.2, 0.25) is 0 Å². The van der Waals surface area contributed by atoms with Gasteiger partial charge in [-0.15, -0.1) is 0 Å². The van der Waals surface area contributed by atoms with Gasteiger partial charge in [-0.3, -0.25) is 14.9 Å². The Bertz CT molecular complexity index is 1250. The summed E-state index contributed by atoms with van der Waals surface area (Å²) in [6, 6.07) is 20.7. The van der Waals surface area contributed by atoms with Gasteiger partial charge < -0.3 is 10.1 Å². The van der Waals surface area contributed by atoms with E-state index in [4.69, 9.17) is 4.74 Å². The van der Waals surface area contributed by atoms with Gasteiger partial charge in [0, 0.05) is 27.9 Å². The van der Waals surface area contributed by atoms with E-state index >= 15 is 0 Å². The molecule has 0 heterocycles. The van der Waals surface area contributed by atoms with Crippen molar-refractivity contribution in [3.63, 3.8) is 0 Å². The fraction of sp³-hybridized carbons (Fsp3) is 0.120. The molecular formula is C25H20BrN3O4. The molecule has 166 valence electrons. The molecule has 0 unspecified atom stereocenters. The molecule has 1 N–H and O–H groups in total. The molecule has 0 spiro atoms. The topological polar surface area (TPSA) is 105 Å². The van der Waals surface area contributed by atoms with Crippen LogP contribution in [0, 0.1) is 21.4 Å². The van der Waals surface area contributed by atoms with E-state index in [1.165, 1.54) is 18.2 Å². The van der Waals surface area contributed by atoms with Crippen molar-refractivity contribution in [1.82, 2.24) is 0 Å². The molecular weight excluding hydrogens is 486 g/mol. The molecule has 3 aromatic rings. The fourth-order valence-corrected chi connectivity index (χ4v) is 3.39. The second kappa shape index (κ2) is 11.1. The number of nitro groups is 1. The lowest BCUT2D eigenvalue weighted by Gasteiger charge is -2.11. The Labute approximate surface area is 199 Å². The summed E-state index contributed by atoms with van der Waals surface area (Å²) in [4.78, 5) is 23.2. The maximum Gasteiger partial charge on any atom is 0.269 e. The van der Waals surface area contributed by atoms with E-state index in [-0.39, 0.29) is 17.9 Å². The van der Waals surface area contributed by atoms with Crippen molar-refractivity contribution in [3.8, 4) is 11.8 Å². The van der Waals surface area contributed by atoms with Crippen LogP contribution in [-0.4, -0.2) is 10.8 Å². The first kappa shape index (κ1) is 23.7. The SMILES string of the molecule is CCc1ccc(NC(=O)/C(C#N)=C/c2cc(Br)ccc2OCc2cccc([N+](=O)[O-])c2)cc1. The van der Waals surface area contributed by atoms with Crippen molar-refractivity contribution >= 4 is 39.3 Å². The number of nitrogens with zero attached hydrogens (tertiary/aromatic N) is 2. The van der Waals surface area contributed by atoms with E-state index in [0.717, 1.165) is 16.5 Å². The molecule has 0 radical (unpaired) electrons. The second-order valence-electron chi connectivity index (χ2n) is 7.07. The zero-order valence-corrected chi connectivity index (χ0v) is 19.3. The van der Waals surface area contributed by atoms with Crippen molar-refractivity contribution in [2.45, 2.75) is 20.0 Å². The zero-order chi connectivity index (χ0) is 23.8. The van der Waals surface area contributed by atoms with Crippen LogP contribution >= 0.6 is 15.9 Å². The number of ether oxygens (including phenoxy) is 1. The Morgan fingerprint density at radius 1 is 1.15 bits per heavy atom. The van der Waals surface area contributed by atoms with Crippen LogP contribution in [0.25, 0.3) is 6.08 Å². The Kier molecular flexibility index (Phi) is 7.95. The third-order valence-electron chi connectivity index (χ3n) is 4.77. The van der Waals surface area contributed by atoms with Gasteiger partial charge in [-0.25, -0.2) is 0 Å². The van der Waals surface area contributed by atoms with Crippen LogP contribution in [-0.2, 0) is 17.8 Å². The highest BCUT2D eigenvalue weighted by atomic mass is 79.9. The molecule has 1 amide bonds. The number of nitrogens with one attached hydrogen (secondary N) is 1. The van der Waals surface area contributed by atoms with Crippen LogP contribution in [0.2, 0.25) is 0 Å². The summed E-state index contributed by atoms with van der Waals surface area (Å²) in [5.41, 5.74) is 2.76. The first-order valence-corrected chi connectivity index (χ1v) is 10.9. The molecule has 0 saturated carbocycles. The standard InChI is InChI=1S/C25H20BrN3O4/c1-2-17-6-9-22(10-7-17)28-25(30)20(15-27)13-19-14-21(26)8-11-24(19)33-16-18-4-3-5-23(12-18)29(31)32/h3-14H,2,16H2,1H3,(H,28,30)/b20-13+. The molecule has 0 aromatic heterocycles. The summed E-state index contributed by atoms with van der Waals surface area (Å²) < 4.78 is 6.59. The monoisotopic (exact) mass is 505 g/mol. The number of halogens is 1. The van der Waals surface area contributed by atoms with E-state index in [9.17, 15) is 20.2 Å². The fourth-order valence-electron chi connectivity index (χ4n) is 3.01. The Balaban J connectivity index is 1.81. The van der Waals surface area contributed by atoms with Gasteiger partial charge in [0.25, 0.3) is 11.6 Å². The molecule has 3 aromatic carbocycles. The predicted octanol–water partition coefficient (Wildman–Crippen LogP) is 6.04. The number of nitriles is 1. The summed E-state index contributed by atoms with van der Waals surface area (Å²) in [6.45, 7) is 2.13. The minimum atomic E-state index is -0.536. The number of carbonyl (C=O) groups is 1. The minimum Gasteiger partial charge on any atom is -0.488 e. The molecule has 0 atom stereocenters. The molecule has 0 fully saturated rings. The van der Waals surface area contributed by atoms with Crippen LogP contribution in [0.5, 0.6) is 5.75 Å². The lowest BCUT2D eigenvalue weighted by atomic mass is 10.1. The van der Waals surface area contributed by atoms with Gasteiger partial charge in [0.15, 0.2) is 0 Å². The third kappa shape index (κ3) is 6.51. The Hall–Kier alpha value is -3.96. The van der Waals surface area contributed by atoms with E-state index in [0.29, 0.717) is 22.6 Å². The maximum atomic E-state index is 12.7. The number of anilines is 1. The number of aryl methyl sites for hydroxylation is 1. The van der Waals surface area contributed by atoms with Crippen molar-refractivity contribution in [1.29, 1.82) is 5.26 Å². The van der Waals surface area contributed by atoms with E-state index in [1.54, 1.807) is 42.5 Å². The van der Waals surface area contributed by atoms with Gasteiger partial charge in [-0.2, -0.15) is 5.26 Å². The molecule has 3 rings (SSSR count). The van der Waals surface area contributed by atoms with E-state index in [2.05, 4.69) is 21.2 Å². The lowest BCUT2D eigenvalue weighted by Crippen LogP contribution is -2.13. The normalized spacial score (nSPS) is 10.9. The molecule has 8 heteroatoms. The minimum absolute atomic E-state index is 0.0255. The summed E-state index contributed by atoms with van der Waals surface area (Å²) >= 11 is 3.39. The van der Waals surface area contributed by atoms with Gasteiger partial charge in [-0.05, 0) is 54.0 Å². The molecule has 0 aliphatic carbocycles. The summed E-state index contributed by atoms with van der Waals surface area (Å²) in [6.07, 6.45) is 2.34. The smallest absolute Gasteiger partial charge is 0.269 e. The predicted molar refractivity (Wildman–Crippen MR) is 130 cm³/mol. The van der Waals surface area contributed by atoms with Crippen molar-refractivity contribution in [3.05, 3.63) is 104 Å². The molecule has 0 saturated heterocycles. The zero-order valence-electron chi connectivity index (χ0n) is 17.7. The Morgan fingerprint density at radius 3 is 2.58 bits per heavy atom. The van der Waals surface area contributed by atoms with Crippen LogP contribution in [0.3, 0.4) is 0 Å². The number of benzene rings is 3. The molecule has 7 nitrogen and oxygen atoms in total. The number of hydrogen-bond acceptors (Lipinski definition) is 5. The molecule has 0 aliphatic heterocycles. The van der Waals surface area contributed by atoms with Gasteiger partial charge >= 0.3 is 0 Å². The summed E-state index contributed by atoms with van der Waals surface area (Å²) in [5, 5.41) is 23.3. The first-order valence-electron chi connectivity index (χ1n) is 10.1. The van der Waals surface area contributed by atoms with Crippen LogP contribution in [0.4, 0.5) is 11.4 Å². The number of carbonyl (C=O) groups excluding carboxylic acids is 1. The lowest BCUT2D eigenvalue weighted by molar-refractivity contribution is -0.384. The first-order chi connectivity index (χ1) is 15.9. The second-order valence-corrected chi connectivity index (χ2v) is 7.99. The average molecular weight is 506 g/mol.